The normalized spacial score (nSPS) is 27.6. The van der Waals surface area contributed by atoms with Crippen molar-refractivity contribution in [3.63, 3.8) is 0 Å². The molecule has 112 valence electrons. The SMILES string of the molecule is CC1CCC(C(C)(C)c2ccc(Br)c(Cl)c2F)C(N)C1. The molecule has 2 N–H and O–H groups in total. The van der Waals surface area contributed by atoms with Crippen molar-refractivity contribution in [3.05, 3.63) is 33.0 Å². The summed E-state index contributed by atoms with van der Waals surface area (Å²) in [4.78, 5) is 0. The van der Waals surface area contributed by atoms with Gasteiger partial charge in [-0.05, 0) is 57.7 Å². The van der Waals surface area contributed by atoms with E-state index in [4.69, 9.17) is 17.3 Å². The molecule has 3 unspecified atom stereocenters. The first kappa shape index (κ1) is 16.3. The Hall–Kier alpha value is -0.120. The van der Waals surface area contributed by atoms with Crippen LogP contribution in [0.25, 0.3) is 0 Å². The van der Waals surface area contributed by atoms with Gasteiger partial charge in [0.1, 0.15) is 5.82 Å². The van der Waals surface area contributed by atoms with Crippen LogP contribution in [0.2, 0.25) is 5.02 Å². The van der Waals surface area contributed by atoms with Crippen LogP contribution in [-0.2, 0) is 5.41 Å². The minimum absolute atomic E-state index is 0.121. The molecule has 2 rings (SSSR count). The summed E-state index contributed by atoms with van der Waals surface area (Å²) in [6.45, 7) is 6.40. The van der Waals surface area contributed by atoms with Crippen LogP contribution in [0.4, 0.5) is 4.39 Å². The predicted molar refractivity (Wildman–Crippen MR) is 86.6 cm³/mol. The number of hydrogen-bond donors (Lipinski definition) is 1. The van der Waals surface area contributed by atoms with Crippen molar-refractivity contribution in [1.29, 1.82) is 0 Å². The molecule has 4 heteroatoms. The summed E-state index contributed by atoms with van der Waals surface area (Å²) >= 11 is 9.30. The lowest BCUT2D eigenvalue weighted by atomic mass is 9.64. The molecule has 0 aromatic heterocycles. The van der Waals surface area contributed by atoms with Crippen LogP contribution in [0, 0.1) is 17.7 Å². The Morgan fingerprint density at radius 1 is 1.35 bits per heavy atom. The molecule has 0 saturated heterocycles. The smallest absolute Gasteiger partial charge is 0.146 e. The third-order valence-corrected chi connectivity index (χ3v) is 6.08. The van der Waals surface area contributed by atoms with Crippen molar-refractivity contribution in [3.8, 4) is 0 Å². The molecule has 3 atom stereocenters. The average molecular weight is 363 g/mol. The fourth-order valence-corrected chi connectivity index (χ4v) is 4.02. The van der Waals surface area contributed by atoms with E-state index in [9.17, 15) is 4.39 Å². The topological polar surface area (TPSA) is 26.0 Å². The Morgan fingerprint density at radius 2 is 2.00 bits per heavy atom. The van der Waals surface area contributed by atoms with Gasteiger partial charge in [0.05, 0.1) is 5.02 Å². The third kappa shape index (κ3) is 2.90. The van der Waals surface area contributed by atoms with Gasteiger partial charge in [0, 0.05) is 10.5 Å². The van der Waals surface area contributed by atoms with Crippen molar-refractivity contribution in [2.24, 2.45) is 17.6 Å². The molecule has 0 bridgehead atoms. The van der Waals surface area contributed by atoms with E-state index in [-0.39, 0.29) is 28.2 Å². The monoisotopic (exact) mass is 361 g/mol. The zero-order chi connectivity index (χ0) is 15.1. The molecule has 0 spiro atoms. The van der Waals surface area contributed by atoms with Gasteiger partial charge < -0.3 is 5.73 Å². The number of hydrogen-bond acceptors (Lipinski definition) is 1. The van der Waals surface area contributed by atoms with Gasteiger partial charge in [-0.1, -0.05) is 44.9 Å². The zero-order valence-electron chi connectivity index (χ0n) is 12.2. The molecule has 1 aromatic carbocycles. The molecule has 1 nitrogen and oxygen atoms in total. The molecule has 1 aliphatic rings. The zero-order valence-corrected chi connectivity index (χ0v) is 14.6. The molecular weight excluding hydrogens is 341 g/mol. The highest BCUT2D eigenvalue weighted by Crippen LogP contribution is 2.44. The maximum Gasteiger partial charge on any atom is 0.146 e. The Labute approximate surface area is 134 Å². The first-order chi connectivity index (χ1) is 9.25. The quantitative estimate of drug-likeness (QED) is 0.711. The van der Waals surface area contributed by atoms with Crippen molar-refractivity contribution < 1.29 is 4.39 Å². The first-order valence-corrected chi connectivity index (χ1v) is 8.31. The van der Waals surface area contributed by atoms with Gasteiger partial charge in [-0.25, -0.2) is 4.39 Å². The Kier molecular flexibility index (Phi) is 4.83. The number of nitrogens with two attached hydrogens (primary N) is 1. The largest absolute Gasteiger partial charge is 0.327 e. The van der Waals surface area contributed by atoms with Crippen LogP contribution in [0.15, 0.2) is 16.6 Å². The third-order valence-electron chi connectivity index (χ3n) is 4.82. The lowest BCUT2D eigenvalue weighted by Gasteiger charge is -2.43. The van der Waals surface area contributed by atoms with E-state index in [1.165, 1.54) is 0 Å². The Balaban J connectivity index is 2.37. The minimum atomic E-state index is -0.322. The van der Waals surface area contributed by atoms with Gasteiger partial charge in [-0.15, -0.1) is 0 Å². The van der Waals surface area contributed by atoms with E-state index >= 15 is 0 Å². The highest BCUT2D eigenvalue weighted by molar-refractivity contribution is 9.10. The van der Waals surface area contributed by atoms with Crippen LogP contribution < -0.4 is 5.73 Å². The second-order valence-electron chi connectivity index (χ2n) is 6.63. The number of benzene rings is 1. The van der Waals surface area contributed by atoms with E-state index in [0.29, 0.717) is 16.0 Å². The molecule has 1 fully saturated rings. The molecule has 20 heavy (non-hydrogen) atoms. The van der Waals surface area contributed by atoms with E-state index in [2.05, 4.69) is 36.7 Å². The van der Waals surface area contributed by atoms with Gasteiger partial charge in [0.25, 0.3) is 0 Å². The van der Waals surface area contributed by atoms with Gasteiger partial charge in [0.15, 0.2) is 0 Å². The molecule has 0 amide bonds. The van der Waals surface area contributed by atoms with Crippen LogP contribution in [0.3, 0.4) is 0 Å². The second kappa shape index (κ2) is 5.94. The van der Waals surface area contributed by atoms with Crippen LogP contribution >= 0.6 is 27.5 Å². The summed E-state index contributed by atoms with van der Waals surface area (Å²) in [6, 6.07) is 3.77. The van der Waals surface area contributed by atoms with Crippen LogP contribution in [0.1, 0.15) is 45.6 Å². The summed E-state index contributed by atoms with van der Waals surface area (Å²) in [6.07, 6.45) is 3.22. The molecule has 0 radical (unpaired) electrons. The van der Waals surface area contributed by atoms with Crippen molar-refractivity contribution in [2.45, 2.75) is 51.5 Å². The Morgan fingerprint density at radius 3 is 2.60 bits per heavy atom. The summed E-state index contributed by atoms with van der Waals surface area (Å²) in [5.74, 6) is 0.623. The summed E-state index contributed by atoms with van der Waals surface area (Å²) in [7, 11) is 0. The summed E-state index contributed by atoms with van der Waals surface area (Å²) in [5.41, 5.74) is 6.70. The van der Waals surface area contributed by atoms with Crippen molar-refractivity contribution in [1.82, 2.24) is 0 Å². The molecule has 1 aromatic rings. The predicted octanol–water partition coefficient (Wildman–Crippen LogP) is 5.28. The fourth-order valence-electron chi connectivity index (χ4n) is 3.54. The van der Waals surface area contributed by atoms with Crippen LogP contribution in [-0.4, -0.2) is 6.04 Å². The molecule has 1 aliphatic carbocycles. The molecule has 0 heterocycles. The van der Waals surface area contributed by atoms with Gasteiger partial charge >= 0.3 is 0 Å². The second-order valence-corrected chi connectivity index (χ2v) is 7.87. The fraction of sp³-hybridized carbons (Fsp3) is 0.625. The average Bonchev–Trinajstić information content (AvgIpc) is 2.35. The molecular formula is C16H22BrClFN. The highest BCUT2D eigenvalue weighted by Gasteiger charge is 2.40. The van der Waals surface area contributed by atoms with Crippen molar-refractivity contribution in [2.75, 3.05) is 0 Å². The van der Waals surface area contributed by atoms with Gasteiger partial charge in [-0.2, -0.15) is 0 Å². The standard InChI is InChI=1S/C16H22BrClFN/c1-9-4-5-10(13(20)8-9)16(2,3)11-6-7-12(17)14(18)15(11)19/h6-7,9-10,13H,4-5,8,20H2,1-3H3. The van der Waals surface area contributed by atoms with E-state index < -0.39 is 0 Å². The van der Waals surface area contributed by atoms with E-state index in [0.717, 1.165) is 19.3 Å². The summed E-state index contributed by atoms with van der Waals surface area (Å²) < 4.78 is 15.1. The molecule has 0 aliphatic heterocycles. The van der Waals surface area contributed by atoms with Crippen molar-refractivity contribution >= 4 is 27.5 Å². The number of halogens is 3. The molecule has 1 saturated carbocycles. The van der Waals surface area contributed by atoms with E-state index in [1.54, 1.807) is 0 Å². The maximum atomic E-state index is 14.5. The number of rotatable bonds is 2. The first-order valence-electron chi connectivity index (χ1n) is 7.14. The van der Waals surface area contributed by atoms with Gasteiger partial charge in [0.2, 0.25) is 0 Å². The lowest BCUT2D eigenvalue weighted by Crippen LogP contribution is -2.46. The Bertz CT molecular complexity index is 503. The summed E-state index contributed by atoms with van der Waals surface area (Å²) in [5, 5.41) is 0.160. The van der Waals surface area contributed by atoms with Crippen LogP contribution in [0.5, 0.6) is 0 Å². The lowest BCUT2D eigenvalue weighted by molar-refractivity contribution is 0.168. The minimum Gasteiger partial charge on any atom is -0.327 e. The van der Waals surface area contributed by atoms with Gasteiger partial charge in [-0.3, -0.25) is 0 Å². The highest BCUT2D eigenvalue weighted by atomic mass is 79.9. The maximum absolute atomic E-state index is 14.5. The van der Waals surface area contributed by atoms with E-state index in [1.807, 2.05) is 12.1 Å².